The molecule has 3 atom stereocenters. The zero-order chi connectivity index (χ0) is 25.9. The Bertz CT molecular complexity index is 1010. The Hall–Kier alpha value is -2.80. The number of hydrogen-bond donors (Lipinski definition) is 1. The highest BCUT2D eigenvalue weighted by atomic mass is 16.5. The normalized spacial score (nSPS) is 22.6. The molecule has 1 saturated carbocycles. The Labute approximate surface area is 220 Å². The second-order valence-corrected chi connectivity index (χ2v) is 10.0. The summed E-state index contributed by atoms with van der Waals surface area (Å²) in [5.74, 6) is -0.290. The predicted octanol–water partition coefficient (Wildman–Crippen LogP) is 5.51. The SMILES string of the molecule is O=C(O)CCCC/C=C\CC[C@H]1[C@@H](OCc2ccc(-c3ccccc3)cc2)CC(=O)[C@@H]1N1CCOCC1. The lowest BCUT2D eigenvalue weighted by Crippen LogP contribution is -2.49. The van der Waals surface area contributed by atoms with Crippen LogP contribution in [-0.2, 0) is 25.7 Å². The van der Waals surface area contributed by atoms with E-state index in [9.17, 15) is 9.59 Å². The molecule has 1 N–H and O–H groups in total. The van der Waals surface area contributed by atoms with Gasteiger partial charge >= 0.3 is 5.97 Å². The van der Waals surface area contributed by atoms with Crippen LogP contribution in [0.4, 0.5) is 0 Å². The minimum absolute atomic E-state index is 0.0851. The molecule has 0 radical (unpaired) electrons. The Morgan fingerprint density at radius 3 is 2.41 bits per heavy atom. The number of rotatable bonds is 13. The van der Waals surface area contributed by atoms with Crippen molar-refractivity contribution in [1.29, 1.82) is 0 Å². The van der Waals surface area contributed by atoms with E-state index in [4.69, 9.17) is 14.6 Å². The summed E-state index contributed by atoms with van der Waals surface area (Å²) in [5.41, 5.74) is 3.49. The van der Waals surface area contributed by atoms with Gasteiger partial charge in [0.15, 0.2) is 5.78 Å². The maximum atomic E-state index is 13.1. The Balaban J connectivity index is 1.34. The van der Waals surface area contributed by atoms with Crippen molar-refractivity contribution in [2.45, 2.75) is 63.7 Å². The molecule has 6 nitrogen and oxygen atoms in total. The van der Waals surface area contributed by atoms with Crippen molar-refractivity contribution < 1.29 is 24.2 Å². The number of ether oxygens (including phenoxy) is 2. The highest BCUT2D eigenvalue weighted by molar-refractivity contribution is 5.87. The molecule has 4 rings (SSSR count). The van der Waals surface area contributed by atoms with Gasteiger partial charge in [0, 0.05) is 31.8 Å². The number of nitrogens with zero attached hydrogens (tertiary/aromatic N) is 1. The highest BCUT2D eigenvalue weighted by Gasteiger charge is 2.45. The van der Waals surface area contributed by atoms with Crippen molar-refractivity contribution in [2.75, 3.05) is 26.3 Å². The molecule has 0 spiro atoms. The molecule has 0 aromatic heterocycles. The molecular weight excluding hydrogens is 466 g/mol. The van der Waals surface area contributed by atoms with Crippen LogP contribution in [0.5, 0.6) is 0 Å². The maximum Gasteiger partial charge on any atom is 0.303 e. The molecule has 2 fully saturated rings. The number of allylic oxidation sites excluding steroid dienone is 2. The van der Waals surface area contributed by atoms with Gasteiger partial charge in [0.05, 0.1) is 32.0 Å². The van der Waals surface area contributed by atoms with Gasteiger partial charge < -0.3 is 14.6 Å². The van der Waals surface area contributed by atoms with Crippen LogP contribution in [0.1, 0.15) is 50.5 Å². The topological polar surface area (TPSA) is 76.1 Å². The van der Waals surface area contributed by atoms with Crippen LogP contribution < -0.4 is 0 Å². The van der Waals surface area contributed by atoms with Crippen LogP contribution in [0.2, 0.25) is 0 Å². The van der Waals surface area contributed by atoms with Crippen LogP contribution in [0, 0.1) is 5.92 Å². The van der Waals surface area contributed by atoms with E-state index in [1.54, 1.807) is 0 Å². The number of benzene rings is 2. The summed E-state index contributed by atoms with van der Waals surface area (Å²) in [7, 11) is 0. The lowest BCUT2D eigenvalue weighted by molar-refractivity contribution is -0.137. The molecule has 2 aromatic rings. The van der Waals surface area contributed by atoms with Gasteiger partial charge in [-0.25, -0.2) is 0 Å². The fraction of sp³-hybridized carbons (Fsp3) is 0.484. The smallest absolute Gasteiger partial charge is 0.303 e. The Morgan fingerprint density at radius 2 is 1.68 bits per heavy atom. The second kappa shape index (κ2) is 14.2. The molecule has 1 saturated heterocycles. The summed E-state index contributed by atoms with van der Waals surface area (Å²) >= 11 is 0. The molecule has 0 unspecified atom stereocenters. The number of aliphatic carboxylic acids is 1. The van der Waals surface area contributed by atoms with Gasteiger partial charge in [-0.1, -0.05) is 66.7 Å². The number of ketones is 1. The van der Waals surface area contributed by atoms with Crippen LogP contribution in [0.25, 0.3) is 11.1 Å². The average molecular weight is 506 g/mol. The van der Waals surface area contributed by atoms with Gasteiger partial charge in [0.2, 0.25) is 0 Å². The molecule has 2 aliphatic rings. The van der Waals surface area contributed by atoms with Crippen LogP contribution >= 0.6 is 0 Å². The van der Waals surface area contributed by atoms with E-state index in [2.05, 4.69) is 53.5 Å². The predicted molar refractivity (Wildman–Crippen MR) is 144 cm³/mol. The molecule has 0 bridgehead atoms. The van der Waals surface area contributed by atoms with Crippen molar-refractivity contribution >= 4 is 11.8 Å². The van der Waals surface area contributed by atoms with Gasteiger partial charge in [0.1, 0.15) is 0 Å². The van der Waals surface area contributed by atoms with E-state index in [0.29, 0.717) is 32.7 Å². The number of hydrogen-bond acceptors (Lipinski definition) is 5. The Morgan fingerprint density at radius 1 is 0.973 bits per heavy atom. The molecular formula is C31H39NO5. The summed E-state index contributed by atoms with van der Waals surface area (Å²) in [6.07, 6.45) is 9.21. The van der Waals surface area contributed by atoms with Gasteiger partial charge in [-0.05, 0) is 48.8 Å². The summed E-state index contributed by atoms with van der Waals surface area (Å²) in [5, 5.41) is 8.76. The maximum absolute atomic E-state index is 13.1. The van der Waals surface area contributed by atoms with E-state index >= 15 is 0 Å². The number of carbonyl (C=O) groups excluding carboxylic acids is 1. The monoisotopic (exact) mass is 505 g/mol. The zero-order valence-electron chi connectivity index (χ0n) is 21.6. The third kappa shape index (κ3) is 8.09. The zero-order valence-corrected chi connectivity index (χ0v) is 21.6. The molecule has 198 valence electrons. The number of unbranched alkanes of at least 4 members (excludes halogenated alkanes) is 2. The molecule has 37 heavy (non-hydrogen) atoms. The quantitative estimate of drug-likeness (QED) is 0.286. The lowest BCUT2D eigenvalue weighted by Gasteiger charge is -2.35. The fourth-order valence-corrected chi connectivity index (χ4v) is 5.46. The summed E-state index contributed by atoms with van der Waals surface area (Å²) in [4.78, 5) is 26.1. The highest BCUT2D eigenvalue weighted by Crippen LogP contribution is 2.35. The average Bonchev–Trinajstić information content (AvgIpc) is 3.24. The van der Waals surface area contributed by atoms with Crippen molar-refractivity contribution in [3.05, 3.63) is 72.3 Å². The van der Waals surface area contributed by atoms with Gasteiger partial charge in [-0.15, -0.1) is 0 Å². The van der Waals surface area contributed by atoms with E-state index in [0.717, 1.165) is 44.3 Å². The minimum Gasteiger partial charge on any atom is -0.481 e. The third-order valence-corrected chi connectivity index (χ3v) is 7.42. The van der Waals surface area contributed by atoms with Crippen molar-refractivity contribution in [2.24, 2.45) is 5.92 Å². The van der Waals surface area contributed by atoms with E-state index in [-0.39, 0.29) is 30.3 Å². The number of carbonyl (C=O) groups is 2. The third-order valence-electron chi connectivity index (χ3n) is 7.42. The van der Waals surface area contributed by atoms with Crippen molar-refractivity contribution in [3.63, 3.8) is 0 Å². The summed E-state index contributed by atoms with van der Waals surface area (Å²) in [6.45, 7) is 3.43. The first-order valence-electron chi connectivity index (χ1n) is 13.6. The first-order valence-corrected chi connectivity index (χ1v) is 13.6. The van der Waals surface area contributed by atoms with E-state index in [1.165, 1.54) is 11.1 Å². The van der Waals surface area contributed by atoms with Crippen LogP contribution in [-0.4, -0.2) is 60.2 Å². The van der Waals surface area contributed by atoms with E-state index in [1.807, 2.05) is 18.2 Å². The fourth-order valence-electron chi connectivity index (χ4n) is 5.46. The largest absolute Gasteiger partial charge is 0.481 e. The first-order chi connectivity index (χ1) is 18.1. The van der Waals surface area contributed by atoms with Gasteiger partial charge in [-0.2, -0.15) is 0 Å². The minimum atomic E-state index is -0.734. The number of Topliss-reactive ketones (excluding diaryl/α,β-unsaturated/α-hetero) is 1. The molecule has 1 aliphatic carbocycles. The Kier molecular flexibility index (Phi) is 10.5. The molecule has 0 amide bonds. The van der Waals surface area contributed by atoms with Crippen molar-refractivity contribution in [1.82, 2.24) is 4.90 Å². The van der Waals surface area contributed by atoms with Gasteiger partial charge in [-0.3, -0.25) is 14.5 Å². The number of morpholine rings is 1. The molecule has 2 aromatic carbocycles. The number of carboxylic acids is 1. The molecule has 1 aliphatic heterocycles. The van der Waals surface area contributed by atoms with Gasteiger partial charge in [0.25, 0.3) is 0 Å². The van der Waals surface area contributed by atoms with Crippen LogP contribution in [0.15, 0.2) is 66.7 Å². The van der Waals surface area contributed by atoms with Crippen LogP contribution in [0.3, 0.4) is 0 Å². The lowest BCUT2D eigenvalue weighted by atomic mass is 9.93. The number of carboxylic acid groups (broad SMARTS) is 1. The molecule has 1 heterocycles. The summed E-state index contributed by atoms with van der Waals surface area (Å²) in [6, 6.07) is 18.7. The standard InChI is InChI=1S/C31H39NO5/c33-28-22-29(37-23-24-14-16-26(17-15-24)25-10-6-5-7-11-25)27(31(28)32-18-20-36-21-19-32)12-8-3-1-2-4-9-13-30(34)35/h1,3,5-7,10-11,14-17,27,29,31H,2,4,8-9,12-13,18-23H2,(H,34,35)/b3-1-/t27-,29-,31+/m0/s1. The second-order valence-electron chi connectivity index (χ2n) is 10.0. The molecule has 6 heteroatoms. The van der Waals surface area contributed by atoms with E-state index < -0.39 is 5.97 Å². The van der Waals surface area contributed by atoms with Crippen molar-refractivity contribution in [3.8, 4) is 11.1 Å². The summed E-state index contributed by atoms with van der Waals surface area (Å²) < 4.78 is 11.9. The first kappa shape index (κ1) is 27.2.